The number of nitrogens with zero attached hydrogens (tertiary/aromatic N) is 4. The van der Waals surface area contributed by atoms with Gasteiger partial charge in [-0.25, -0.2) is 9.59 Å². The number of hydrogen-bond donors (Lipinski definition) is 2. The van der Waals surface area contributed by atoms with Crippen LogP contribution >= 0.6 is 11.6 Å². The number of carbonyl (C=O) groups excluding carboxylic acids is 2. The molecule has 0 aliphatic carbocycles. The highest BCUT2D eigenvalue weighted by atomic mass is 35.5. The first kappa shape index (κ1) is 50.2. The Morgan fingerprint density at radius 2 is 0.923 bits per heavy atom. The molecule has 0 aliphatic heterocycles. The van der Waals surface area contributed by atoms with Crippen LogP contribution in [-0.4, -0.2) is 47.5 Å². The monoisotopic (exact) mass is 902 g/mol. The van der Waals surface area contributed by atoms with E-state index in [0.29, 0.717) is 5.69 Å². The fraction of sp³-hybridized carbons (Fsp3) is 0.240. The van der Waals surface area contributed by atoms with Crippen molar-refractivity contribution in [2.75, 3.05) is 47.0 Å². The van der Waals surface area contributed by atoms with E-state index in [2.05, 4.69) is 105 Å². The maximum absolute atomic E-state index is 12.6. The zero-order chi connectivity index (χ0) is 47.8. The van der Waals surface area contributed by atoms with E-state index < -0.39 is 21.4 Å². The predicted octanol–water partition coefficient (Wildman–Crippen LogP) is 13.1. The summed E-state index contributed by atoms with van der Waals surface area (Å²) in [5, 5.41) is 23.9. The normalized spacial score (nSPS) is 10.3. The van der Waals surface area contributed by atoms with Crippen molar-refractivity contribution in [2.24, 2.45) is 0 Å². The summed E-state index contributed by atoms with van der Waals surface area (Å²) < 4.78 is 9.80. The molecule has 15 heteroatoms. The fourth-order valence-corrected chi connectivity index (χ4v) is 7.44. The largest absolute Gasteiger partial charge is 0.417 e. The molecule has 6 rings (SSSR count). The number of amides is 1. The number of hydrogen-bond acceptors (Lipinski definition) is 11. The van der Waals surface area contributed by atoms with E-state index in [0.717, 1.165) is 59.8 Å². The quantitative estimate of drug-likeness (QED) is 0.0486. The molecule has 0 radical (unpaired) electrons. The predicted molar refractivity (Wildman–Crippen MR) is 262 cm³/mol. The molecule has 0 heterocycles. The lowest BCUT2D eigenvalue weighted by Crippen LogP contribution is -2.23. The van der Waals surface area contributed by atoms with Crippen LogP contribution in [0.1, 0.15) is 49.9 Å². The second kappa shape index (κ2) is 23.8. The molecule has 0 spiro atoms. The highest BCUT2D eigenvalue weighted by molar-refractivity contribution is 6.61. The van der Waals surface area contributed by atoms with Gasteiger partial charge >= 0.3 is 11.5 Å². The Labute approximate surface area is 384 Å². The van der Waals surface area contributed by atoms with Crippen molar-refractivity contribution in [2.45, 2.75) is 55.4 Å². The number of rotatable bonds is 13. The van der Waals surface area contributed by atoms with Crippen molar-refractivity contribution in [3.05, 3.63) is 164 Å². The van der Waals surface area contributed by atoms with Crippen LogP contribution < -0.4 is 30.3 Å². The van der Waals surface area contributed by atoms with Crippen LogP contribution in [0.2, 0.25) is 0 Å². The minimum atomic E-state index is -0.978. The molecule has 0 saturated heterocycles. The van der Waals surface area contributed by atoms with Crippen LogP contribution in [0.25, 0.3) is 22.3 Å². The minimum absolute atomic E-state index is 0.0674. The van der Waals surface area contributed by atoms with Gasteiger partial charge in [0, 0.05) is 101 Å². The molecule has 0 bridgehead atoms. The number of ether oxygens (including phenoxy) is 2. The van der Waals surface area contributed by atoms with Gasteiger partial charge in [-0.15, -0.1) is 0 Å². The highest BCUT2D eigenvalue weighted by Crippen LogP contribution is 2.41. The maximum Gasteiger partial charge on any atom is 0.417 e. The number of nitrogen functional groups attached to an aromatic ring is 1. The van der Waals surface area contributed by atoms with E-state index in [1.54, 1.807) is 0 Å². The smallest absolute Gasteiger partial charge is 0.414 e. The molecule has 0 aromatic heterocycles. The number of anilines is 4. The molecule has 14 nitrogen and oxygen atoms in total. The van der Waals surface area contributed by atoms with Gasteiger partial charge in [0.25, 0.3) is 11.4 Å². The molecule has 0 atom stereocenters. The van der Waals surface area contributed by atoms with Gasteiger partial charge in [0.05, 0.1) is 15.5 Å². The summed E-state index contributed by atoms with van der Waals surface area (Å²) in [7, 11) is 0. The van der Waals surface area contributed by atoms with Gasteiger partial charge in [0.15, 0.2) is 0 Å². The number of aryl methyl sites for hydroxylation is 4. The average molecular weight is 903 g/mol. The van der Waals surface area contributed by atoms with Crippen molar-refractivity contribution < 1.29 is 28.9 Å². The van der Waals surface area contributed by atoms with Crippen LogP contribution in [0.4, 0.5) is 43.7 Å². The summed E-state index contributed by atoms with van der Waals surface area (Å²) in [6.45, 7) is 20.7. The molecule has 340 valence electrons. The summed E-state index contributed by atoms with van der Waals surface area (Å²) in [6, 6.07) is 35.0. The number of carbonyl (C=O) groups is 2. The van der Waals surface area contributed by atoms with Crippen LogP contribution in [0.5, 0.6) is 11.5 Å². The molecule has 0 fully saturated rings. The summed E-state index contributed by atoms with van der Waals surface area (Å²) in [5.74, 6) is 0.396. The van der Waals surface area contributed by atoms with Crippen molar-refractivity contribution in [1.29, 1.82) is 0 Å². The summed E-state index contributed by atoms with van der Waals surface area (Å²) >= 11 is 4.92. The van der Waals surface area contributed by atoms with E-state index in [-0.39, 0.29) is 22.9 Å². The van der Waals surface area contributed by atoms with Gasteiger partial charge in [-0.3, -0.25) is 25.5 Å². The molecule has 65 heavy (non-hydrogen) atoms. The van der Waals surface area contributed by atoms with E-state index in [1.165, 1.54) is 76.5 Å². The third-order valence-electron chi connectivity index (χ3n) is 10.5. The molecule has 6 aromatic carbocycles. The standard InChI is InChI=1S/C25H27N3O4.C18H24N2.C7H4ClNO4/c1-5-27(6-2)22-12-8-10-18(4)24(22)23-17(3)9-7-11-21(23)26-25(29)32-20-15-13-19(14-16-20)28(30)31;1-5-20(6-2)16-12-8-10-14(4)18(16)17-13(3)9-7-11-15(17)19;8-7(10)13-6-3-1-5(2-4-6)9(11)12/h7-16H,5-6H2,1-4H3,(H,26,29);7-12H,5-6,19H2,1-4H3;1-4H. The van der Waals surface area contributed by atoms with E-state index in [9.17, 15) is 29.8 Å². The summed E-state index contributed by atoms with van der Waals surface area (Å²) in [4.78, 5) is 47.5. The Morgan fingerprint density at radius 3 is 1.32 bits per heavy atom. The van der Waals surface area contributed by atoms with Gasteiger partial charge in [0.1, 0.15) is 11.5 Å². The van der Waals surface area contributed by atoms with Crippen molar-refractivity contribution in [3.8, 4) is 33.8 Å². The Kier molecular flexibility index (Phi) is 18.4. The van der Waals surface area contributed by atoms with Gasteiger partial charge < -0.3 is 25.0 Å². The number of benzene rings is 6. The Balaban J connectivity index is 0.000000238. The first-order chi connectivity index (χ1) is 31.0. The molecule has 0 aliphatic rings. The number of non-ortho nitro benzene ring substituents is 2. The van der Waals surface area contributed by atoms with E-state index >= 15 is 0 Å². The number of nitro groups is 2. The molecule has 0 saturated carbocycles. The lowest BCUT2D eigenvalue weighted by Gasteiger charge is -2.27. The SMILES string of the molecule is CCN(CC)c1cccc(C)c1-c1c(C)cccc1N.CCN(CC)c1cccc(C)c1-c1c(C)cccc1NC(=O)Oc1ccc([N+](=O)[O-])cc1.O=C(Cl)Oc1ccc([N+](=O)[O-])cc1. The lowest BCUT2D eigenvalue weighted by atomic mass is 9.92. The Bertz CT molecular complexity index is 2580. The summed E-state index contributed by atoms with van der Waals surface area (Å²) in [6.07, 6.45) is -0.663. The Morgan fingerprint density at radius 1 is 0.554 bits per heavy atom. The molecular formula is C50H55ClN6O8. The average Bonchev–Trinajstić information content (AvgIpc) is 3.26. The molecular weight excluding hydrogens is 848 g/mol. The third kappa shape index (κ3) is 13.3. The van der Waals surface area contributed by atoms with Gasteiger partial charge in [0.2, 0.25) is 0 Å². The van der Waals surface area contributed by atoms with Crippen LogP contribution in [0.15, 0.2) is 121 Å². The first-order valence-corrected chi connectivity index (χ1v) is 21.4. The van der Waals surface area contributed by atoms with E-state index in [4.69, 9.17) is 22.1 Å². The summed E-state index contributed by atoms with van der Waals surface area (Å²) in [5.41, 5.74) is 18.1. The molecule has 3 N–H and O–H groups in total. The van der Waals surface area contributed by atoms with Crippen LogP contribution in [0, 0.1) is 47.9 Å². The minimum Gasteiger partial charge on any atom is -0.414 e. The van der Waals surface area contributed by atoms with Crippen molar-refractivity contribution >= 4 is 57.2 Å². The van der Waals surface area contributed by atoms with Gasteiger partial charge in [-0.05, 0) is 126 Å². The molecule has 6 aromatic rings. The van der Waals surface area contributed by atoms with Crippen molar-refractivity contribution in [3.63, 3.8) is 0 Å². The van der Waals surface area contributed by atoms with Gasteiger partial charge in [-0.1, -0.05) is 48.5 Å². The van der Waals surface area contributed by atoms with Crippen molar-refractivity contribution in [1.82, 2.24) is 0 Å². The number of nitrogens with two attached hydrogens (primary N) is 1. The molecule has 0 unspecified atom stereocenters. The van der Waals surface area contributed by atoms with Crippen LogP contribution in [0.3, 0.4) is 0 Å². The fourth-order valence-electron chi connectivity index (χ4n) is 7.35. The number of nitrogens with one attached hydrogen (secondary N) is 1. The second-order valence-corrected chi connectivity index (χ2v) is 15.0. The van der Waals surface area contributed by atoms with Crippen LogP contribution in [-0.2, 0) is 0 Å². The number of nitro benzene ring substituents is 2. The maximum atomic E-state index is 12.6. The second-order valence-electron chi connectivity index (χ2n) is 14.7. The highest BCUT2D eigenvalue weighted by Gasteiger charge is 2.20. The topological polar surface area (TPSA) is 183 Å². The van der Waals surface area contributed by atoms with Gasteiger partial charge in [-0.2, -0.15) is 0 Å². The third-order valence-corrected chi connectivity index (χ3v) is 10.6. The van der Waals surface area contributed by atoms with E-state index in [1.807, 2.05) is 43.3 Å². The first-order valence-electron chi connectivity index (χ1n) is 21.0. The molecule has 1 amide bonds. The Hall–Kier alpha value is -7.45. The zero-order valence-electron chi connectivity index (χ0n) is 37.9. The lowest BCUT2D eigenvalue weighted by molar-refractivity contribution is -0.385. The number of halogens is 1. The zero-order valence-corrected chi connectivity index (χ0v) is 38.6.